The maximum atomic E-state index is 12.0. The van der Waals surface area contributed by atoms with Crippen LogP contribution in [-0.4, -0.2) is 59.6 Å². The van der Waals surface area contributed by atoms with Crippen LogP contribution in [0, 0.1) is 0 Å². The number of piperazine rings is 1. The van der Waals surface area contributed by atoms with Gasteiger partial charge in [0.15, 0.2) is 0 Å². The molecular formula is C12H18N2O5. The molecule has 2 unspecified atom stereocenters. The van der Waals surface area contributed by atoms with Gasteiger partial charge in [-0.3, -0.25) is 9.59 Å². The van der Waals surface area contributed by atoms with Crippen molar-refractivity contribution in [1.82, 2.24) is 10.2 Å². The number of aliphatic carboxylic acids is 1. The summed E-state index contributed by atoms with van der Waals surface area (Å²) in [5.74, 6) is -1.70. The lowest BCUT2D eigenvalue weighted by atomic mass is 10.1. The molecule has 0 aliphatic carbocycles. The van der Waals surface area contributed by atoms with Gasteiger partial charge in [0.25, 0.3) is 0 Å². The Kier molecular flexibility index (Phi) is 4.36. The van der Waals surface area contributed by atoms with Crippen LogP contribution in [0.4, 0.5) is 0 Å². The third-order valence-corrected chi connectivity index (χ3v) is 3.49. The Balaban J connectivity index is 1.90. The average Bonchev–Trinajstić information content (AvgIpc) is 2.88. The van der Waals surface area contributed by atoms with Crippen molar-refractivity contribution in [1.29, 1.82) is 0 Å². The van der Waals surface area contributed by atoms with E-state index in [1.807, 2.05) is 0 Å². The number of ether oxygens (including phenoxy) is 1. The average molecular weight is 270 g/mol. The largest absolute Gasteiger partial charge is 0.480 e. The summed E-state index contributed by atoms with van der Waals surface area (Å²) >= 11 is 0. The van der Waals surface area contributed by atoms with Crippen molar-refractivity contribution < 1.29 is 24.2 Å². The molecule has 2 amide bonds. The van der Waals surface area contributed by atoms with Crippen LogP contribution in [-0.2, 0) is 19.1 Å². The first kappa shape index (κ1) is 13.8. The summed E-state index contributed by atoms with van der Waals surface area (Å²) in [5, 5.41) is 11.5. The second-order valence-corrected chi connectivity index (χ2v) is 4.85. The van der Waals surface area contributed by atoms with Crippen molar-refractivity contribution in [3.8, 4) is 0 Å². The molecule has 2 saturated heterocycles. The lowest BCUT2D eigenvalue weighted by molar-refractivity contribution is -0.154. The normalized spacial score (nSPS) is 27.2. The Morgan fingerprint density at radius 3 is 2.89 bits per heavy atom. The minimum absolute atomic E-state index is 0.0279. The van der Waals surface area contributed by atoms with Gasteiger partial charge in [-0.15, -0.1) is 0 Å². The van der Waals surface area contributed by atoms with E-state index in [1.165, 1.54) is 0 Å². The molecule has 2 N–H and O–H groups in total. The zero-order valence-electron chi connectivity index (χ0n) is 10.6. The van der Waals surface area contributed by atoms with E-state index in [-0.39, 0.29) is 37.4 Å². The van der Waals surface area contributed by atoms with Gasteiger partial charge >= 0.3 is 5.97 Å². The first-order chi connectivity index (χ1) is 9.08. The van der Waals surface area contributed by atoms with E-state index in [9.17, 15) is 14.4 Å². The van der Waals surface area contributed by atoms with Crippen molar-refractivity contribution in [3.05, 3.63) is 0 Å². The number of carboxylic acid groups (broad SMARTS) is 1. The van der Waals surface area contributed by atoms with Crippen molar-refractivity contribution in [2.75, 3.05) is 19.7 Å². The third-order valence-electron chi connectivity index (χ3n) is 3.49. The zero-order chi connectivity index (χ0) is 13.8. The first-order valence-corrected chi connectivity index (χ1v) is 6.48. The number of hydrogen-bond donors (Lipinski definition) is 2. The van der Waals surface area contributed by atoms with Crippen LogP contribution in [0.2, 0.25) is 0 Å². The second-order valence-electron chi connectivity index (χ2n) is 4.85. The molecule has 0 aromatic carbocycles. The number of hydrogen-bond acceptors (Lipinski definition) is 4. The summed E-state index contributed by atoms with van der Waals surface area (Å²) in [4.78, 5) is 35.5. The van der Waals surface area contributed by atoms with E-state index < -0.39 is 12.0 Å². The predicted molar refractivity (Wildman–Crippen MR) is 64.4 cm³/mol. The fourth-order valence-electron chi connectivity index (χ4n) is 2.42. The topological polar surface area (TPSA) is 95.9 Å². The molecule has 2 atom stereocenters. The van der Waals surface area contributed by atoms with Crippen LogP contribution >= 0.6 is 0 Å². The van der Waals surface area contributed by atoms with Crippen LogP contribution in [0.25, 0.3) is 0 Å². The Labute approximate surface area is 110 Å². The van der Waals surface area contributed by atoms with Gasteiger partial charge in [-0.25, -0.2) is 4.79 Å². The number of carbonyl (C=O) groups excluding carboxylic acids is 2. The van der Waals surface area contributed by atoms with Crippen LogP contribution in [0.15, 0.2) is 0 Å². The van der Waals surface area contributed by atoms with Gasteiger partial charge in [-0.05, 0) is 19.3 Å². The SMILES string of the molecule is O=C1CN(C(=O)CCC2CCCO2)C(C(=O)O)CN1. The van der Waals surface area contributed by atoms with Gasteiger partial charge in [0.2, 0.25) is 11.8 Å². The van der Waals surface area contributed by atoms with E-state index in [2.05, 4.69) is 5.32 Å². The molecule has 2 rings (SSSR count). The summed E-state index contributed by atoms with van der Waals surface area (Å²) < 4.78 is 5.42. The van der Waals surface area contributed by atoms with E-state index in [0.717, 1.165) is 24.3 Å². The van der Waals surface area contributed by atoms with Gasteiger partial charge in [0.1, 0.15) is 12.6 Å². The lowest BCUT2D eigenvalue weighted by Gasteiger charge is -2.32. The minimum atomic E-state index is -1.09. The fraction of sp³-hybridized carbons (Fsp3) is 0.750. The molecule has 7 nitrogen and oxygen atoms in total. The highest BCUT2D eigenvalue weighted by Gasteiger charge is 2.35. The van der Waals surface area contributed by atoms with Gasteiger partial charge in [0.05, 0.1) is 6.10 Å². The summed E-state index contributed by atoms with van der Waals surface area (Å²) in [7, 11) is 0. The Hall–Kier alpha value is -1.63. The molecule has 0 aromatic rings. The van der Waals surface area contributed by atoms with E-state index in [0.29, 0.717) is 6.42 Å². The number of nitrogens with zero attached hydrogens (tertiary/aromatic N) is 1. The smallest absolute Gasteiger partial charge is 0.328 e. The van der Waals surface area contributed by atoms with E-state index in [4.69, 9.17) is 9.84 Å². The molecule has 0 aromatic heterocycles. The Morgan fingerprint density at radius 2 is 2.26 bits per heavy atom. The molecule has 2 aliphatic heterocycles. The van der Waals surface area contributed by atoms with Crippen LogP contribution < -0.4 is 5.32 Å². The zero-order valence-corrected chi connectivity index (χ0v) is 10.6. The Bertz CT molecular complexity index is 378. The minimum Gasteiger partial charge on any atom is -0.480 e. The summed E-state index contributed by atoms with van der Waals surface area (Å²) in [5.41, 5.74) is 0. The quantitative estimate of drug-likeness (QED) is 0.708. The second kappa shape index (κ2) is 6.01. The van der Waals surface area contributed by atoms with Crippen LogP contribution in [0.3, 0.4) is 0 Å². The molecule has 7 heteroatoms. The van der Waals surface area contributed by atoms with Crippen molar-refractivity contribution >= 4 is 17.8 Å². The molecule has 0 bridgehead atoms. The predicted octanol–water partition coefficient (Wildman–Crippen LogP) is -0.643. The van der Waals surface area contributed by atoms with Gasteiger partial charge in [-0.1, -0.05) is 0 Å². The molecular weight excluding hydrogens is 252 g/mol. The van der Waals surface area contributed by atoms with Crippen molar-refractivity contribution in [3.63, 3.8) is 0 Å². The van der Waals surface area contributed by atoms with E-state index >= 15 is 0 Å². The Morgan fingerprint density at radius 1 is 1.47 bits per heavy atom. The summed E-state index contributed by atoms with van der Waals surface area (Å²) in [6, 6.07) is -0.963. The molecule has 0 saturated carbocycles. The maximum absolute atomic E-state index is 12.0. The third kappa shape index (κ3) is 3.44. The van der Waals surface area contributed by atoms with Gasteiger partial charge < -0.3 is 20.1 Å². The van der Waals surface area contributed by atoms with Crippen molar-refractivity contribution in [2.45, 2.75) is 37.8 Å². The molecule has 0 radical (unpaired) electrons. The monoisotopic (exact) mass is 270 g/mol. The standard InChI is InChI=1S/C12H18N2O5/c15-10-7-14(9(6-13-10)12(17)18)11(16)4-3-8-2-1-5-19-8/h8-9H,1-7H2,(H,13,15)(H,17,18). The molecule has 2 heterocycles. The lowest BCUT2D eigenvalue weighted by Crippen LogP contribution is -2.59. The number of nitrogens with one attached hydrogen (secondary N) is 1. The molecule has 19 heavy (non-hydrogen) atoms. The molecule has 2 aliphatic rings. The van der Waals surface area contributed by atoms with Crippen LogP contribution in [0.5, 0.6) is 0 Å². The number of rotatable bonds is 4. The highest BCUT2D eigenvalue weighted by molar-refractivity contribution is 5.91. The molecule has 0 spiro atoms. The van der Waals surface area contributed by atoms with Crippen LogP contribution in [0.1, 0.15) is 25.7 Å². The van der Waals surface area contributed by atoms with Crippen molar-refractivity contribution in [2.24, 2.45) is 0 Å². The van der Waals surface area contributed by atoms with E-state index in [1.54, 1.807) is 0 Å². The highest BCUT2D eigenvalue weighted by atomic mass is 16.5. The molecule has 2 fully saturated rings. The summed E-state index contributed by atoms with van der Waals surface area (Å²) in [6.07, 6.45) is 2.84. The maximum Gasteiger partial charge on any atom is 0.328 e. The number of carbonyl (C=O) groups is 3. The fourth-order valence-corrected chi connectivity index (χ4v) is 2.42. The number of carboxylic acids is 1. The number of amides is 2. The van der Waals surface area contributed by atoms with Gasteiger partial charge in [0, 0.05) is 19.6 Å². The highest BCUT2D eigenvalue weighted by Crippen LogP contribution is 2.18. The molecule has 106 valence electrons. The van der Waals surface area contributed by atoms with Gasteiger partial charge in [-0.2, -0.15) is 0 Å². The first-order valence-electron chi connectivity index (χ1n) is 6.48. The summed E-state index contributed by atoms with van der Waals surface area (Å²) in [6.45, 7) is 0.518.